The number of aromatic nitrogens is 3. The molecule has 10 nitrogen and oxygen atoms in total. The molecule has 2 aromatic carbocycles. The molecule has 43 heavy (non-hydrogen) atoms. The molecule has 2 unspecified atom stereocenters. The van der Waals surface area contributed by atoms with E-state index in [2.05, 4.69) is 20.6 Å². The van der Waals surface area contributed by atoms with Crippen LogP contribution in [0.1, 0.15) is 36.5 Å². The molecule has 2 aliphatic rings. The van der Waals surface area contributed by atoms with Crippen LogP contribution in [0.2, 0.25) is 0 Å². The van der Waals surface area contributed by atoms with Gasteiger partial charge in [0.1, 0.15) is 29.7 Å². The number of aliphatic carboxylic acids is 1. The van der Waals surface area contributed by atoms with Crippen LogP contribution in [0.5, 0.6) is 5.75 Å². The summed E-state index contributed by atoms with van der Waals surface area (Å²) < 4.78 is 89.7. The summed E-state index contributed by atoms with van der Waals surface area (Å²) in [4.78, 5) is 13.0. The van der Waals surface area contributed by atoms with Crippen LogP contribution in [0.25, 0.3) is 34.3 Å². The maximum absolute atomic E-state index is 14.0. The number of hydrogen-bond acceptors (Lipinski definition) is 9. The van der Waals surface area contributed by atoms with Gasteiger partial charge in [0.05, 0.1) is 6.04 Å². The summed E-state index contributed by atoms with van der Waals surface area (Å²) >= 11 is 0. The summed E-state index contributed by atoms with van der Waals surface area (Å²) in [6, 6.07) is 13.1. The van der Waals surface area contributed by atoms with E-state index in [1.54, 1.807) is 36.4 Å². The van der Waals surface area contributed by atoms with Crippen LogP contribution in [0.15, 0.2) is 57.6 Å². The Kier molecular flexibility index (Phi) is 8.16. The molecule has 228 valence electrons. The summed E-state index contributed by atoms with van der Waals surface area (Å²) in [5, 5.41) is 28.8. The number of carbonyl (C=O) groups is 1. The van der Waals surface area contributed by atoms with E-state index in [0.29, 0.717) is 29.5 Å². The molecule has 2 atom stereocenters. The Morgan fingerprint density at radius 3 is 2.26 bits per heavy atom. The van der Waals surface area contributed by atoms with Gasteiger partial charge < -0.3 is 29.3 Å². The second-order valence-electron chi connectivity index (χ2n) is 9.73. The van der Waals surface area contributed by atoms with Crippen molar-refractivity contribution in [3.05, 3.63) is 59.7 Å². The van der Waals surface area contributed by atoms with Crippen LogP contribution in [0, 0.1) is 0 Å². The molecule has 0 amide bonds. The first kappa shape index (κ1) is 30.0. The quantitative estimate of drug-likeness (QED) is 0.242. The first-order valence-electron chi connectivity index (χ1n) is 12.8. The van der Waals surface area contributed by atoms with E-state index in [4.69, 9.17) is 23.7 Å². The number of carboxylic acids is 1. The van der Waals surface area contributed by atoms with E-state index >= 15 is 0 Å². The molecule has 3 N–H and O–H groups in total. The number of halogens is 6. The van der Waals surface area contributed by atoms with Gasteiger partial charge in [-0.3, -0.25) is 0 Å². The number of fused-ring (bicyclic) bond motifs is 1. The number of ether oxygens (including phenoxy) is 1. The Balaban J connectivity index is 0.000000472. The van der Waals surface area contributed by atoms with Crippen molar-refractivity contribution in [2.24, 2.45) is 0 Å². The molecular weight excluding hydrogens is 590 g/mol. The molecule has 1 saturated carbocycles. The first-order valence-corrected chi connectivity index (χ1v) is 12.8. The van der Waals surface area contributed by atoms with Gasteiger partial charge in [-0.05, 0) is 18.9 Å². The molecule has 16 heteroatoms. The van der Waals surface area contributed by atoms with Crippen molar-refractivity contribution in [2.45, 2.75) is 49.8 Å². The second kappa shape index (κ2) is 11.7. The van der Waals surface area contributed by atoms with E-state index in [-0.39, 0.29) is 23.1 Å². The summed E-state index contributed by atoms with van der Waals surface area (Å²) in [6.07, 6.45) is -7.24. The van der Waals surface area contributed by atoms with Gasteiger partial charge in [-0.15, -0.1) is 0 Å². The van der Waals surface area contributed by atoms with Crippen molar-refractivity contribution in [3.63, 3.8) is 0 Å². The van der Waals surface area contributed by atoms with Gasteiger partial charge in [-0.2, -0.15) is 31.3 Å². The minimum absolute atomic E-state index is 0.0476. The molecule has 1 fully saturated rings. The Labute approximate surface area is 238 Å². The fourth-order valence-corrected chi connectivity index (χ4v) is 4.47. The van der Waals surface area contributed by atoms with Gasteiger partial charge >= 0.3 is 18.3 Å². The van der Waals surface area contributed by atoms with Gasteiger partial charge in [-0.1, -0.05) is 59.2 Å². The van der Waals surface area contributed by atoms with Crippen molar-refractivity contribution >= 4 is 5.97 Å². The van der Waals surface area contributed by atoms with Crippen LogP contribution in [-0.2, 0) is 11.0 Å². The third-order valence-corrected chi connectivity index (χ3v) is 6.83. The lowest BCUT2D eigenvalue weighted by atomic mass is 9.90. The highest BCUT2D eigenvalue weighted by Gasteiger charge is 2.43. The van der Waals surface area contributed by atoms with Gasteiger partial charge in [-0.25, -0.2) is 4.79 Å². The highest BCUT2D eigenvalue weighted by molar-refractivity contribution is 5.73. The van der Waals surface area contributed by atoms with Crippen LogP contribution >= 0.6 is 0 Å². The molecular formula is C27H22F6N4O6. The number of benzene rings is 2. The number of alkyl halides is 6. The SMILES string of the molecule is O=C(O)C(F)(F)F.OC1c2ccc(-c3noc(-c4onc(-c5ccccc5)c4C(F)(F)F)n3)cc2OCC1NC1CCC1. The van der Waals surface area contributed by atoms with Crippen molar-refractivity contribution < 1.29 is 55.1 Å². The molecule has 6 rings (SSSR count). The number of hydrogen-bond donors (Lipinski definition) is 3. The smallest absolute Gasteiger partial charge is 0.490 e. The standard InChI is InChI=1S/C25H21F3N4O4.C2HF3O2/c26-25(27,28)19-20(13-5-2-1-3-6-13)31-35-22(19)24-30-23(32-36-24)14-9-10-16-18(11-14)34-12-17(21(16)33)29-15-7-4-8-15;3-2(4,5)1(6)7/h1-3,5-6,9-11,15,17,21,29,33H,4,7-8,12H2;(H,6,7). The van der Waals surface area contributed by atoms with Gasteiger partial charge in [0.25, 0.3) is 5.89 Å². The van der Waals surface area contributed by atoms with E-state index in [9.17, 15) is 31.4 Å². The van der Waals surface area contributed by atoms with Gasteiger partial charge in [0, 0.05) is 22.7 Å². The molecule has 0 radical (unpaired) electrons. The third kappa shape index (κ3) is 6.49. The zero-order valence-corrected chi connectivity index (χ0v) is 21.8. The zero-order valence-electron chi connectivity index (χ0n) is 21.8. The van der Waals surface area contributed by atoms with Crippen LogP contribution < -0.4 is 10.1 Å². The van der Waals surface area contributed by atoms with Crippen molar-refractivity contribution in [1.82, 2.24) is 20.6 Å². The molecule has 4 aromatic rings. The fraction of sp³-hybridized carbons (Fsp3) is 0.333. The molecule has 2 aromatic heterocycles. The molecule has 0 saturated heterocycles. The maximum atomic E-state index is 14.0. The normalized spacial score (nSPS) is 18.6. The van der Waals surface area contributed by atoms with Crippen LogP contribution in [-0.4, -0.2) is 56.3 Å². The number of nitrogens with one attached hydrogen (secondary N) is 1. The minimum Gasteiger partial charge on any atom is -0.491 e. The second-order valence-corrected chi connectivity index (χ2v) is 9.73. The Morgan fingerprint density at radius 1 is 0.953 bits per heavy atom. The first-order chi connectivity index (χ1) is 20.3. The minimum atomic E-state index is -5.08. The average Bonchev–Trinajstić information content (AvgIpc) is 3.60. The Morgan fingerprint density at radius 2 is 1.65 bits per heavy atom. The highest BCUT2D eigenvalue weighted by Crippen LogP contribution is 2.43. The average molecular weight is 612 g/mol. The summed E-state index contributed by atoms with van der Waals surface area (Å²) in [5.41, 5.74) is -0.134. The van der Waals surface area contributed by atoms with Crippen LogP contribution in [0.3, 0.4) is 0 Å². The molecule has 1 aliphatic heterocycles. The molecule has 0 spiro atoms. The highest BCUT2D eigenvalue weighted by atomic mass is 19.4. The summed E-state index contributed by atoms with van der Waals surface area (Å²) in [5.74, 6) is -3.36. The lowest BCUT2D eigenvalue weighted by Gasteiger charge is -2.36. The lowest BCUT2D eigenvalue weighted by Crippen LogP contribution is -2.49. The van der Waals surface area contributed by atoms with E-state index in [0.717, 1.165) is 12.8 Å². The Hall–Kier alpha value is -4.44. The number of aliphatic hydroxyl groups excluding tert-OH is 1. The van der Waals surface area contributed by atoms with Crippen LogP contribution in [0.4, 0.5) is 26.3 Å². The molecule has 1 aliphatic carbocycles. The Bertz CT molecular complexity index is 1580. The molecule has 3 heterocycles. The number of rotatable bonds is 5. The largest absolute Gasteiger partial charge is 0.491 e. The topological polar surface area (TPSA) is 144 Å². The van der Waals surface area contributed by atoms with E-state index in [1.807, 2.05) is 0 Å². The monoisotopic (exact) mass is 612 g/mol. The lowest BCUT2D eigenvalue weighted by molar-refractivity contribution is -0.192. The fourth-order valence-electron chi connectivity index (χ4n) is 4.47. The predicted octanol–water partition coefficient (Wildman–Crippen LogP) is 5.65. The van der Waals surface area contributed by atoms with Gasteiger partial charge in [0.2, 0.25) is 11.6 Å². The van der Waals surface area contributed by atoms with Crippen molar-refractivity contribution in [3.8, 4) is 40.0 Å². The molecule has 0 bridgehead atoms. The van der Waals surface area contributed by atoms with E-state index < -0.39 is 41.6 Å². The number of aliphatic hydroxyl groups is 1. The summed E-state index contributed by atoms with van der Waals surface area (Å²) in [7, 11) is 0. The number of carboxylic acid groups (broad SMARTS) is 1. The predicted molar refractivity (Wildman–Crippen MR) is 134 cm³/mol. The van der Waals surface area contributed by atoms with Crippen molar-refractivity contribution in [1.29, 1.82) is 0 Å². The third-order valence-electron chi connectivity index (χ3n) is 6.83. The zero-order chi connectivity index (χ0) is 30.9. The van der Waals surface area contributed by atoms with Crippen molar-refractivity contribution in [2.75, 3.05) is 6.61 Å². The maximum Gasteiger partial charge on any atom is 0.490 e. The summed E-state index contributed by atoms with van der Waals surface area (Å²) in [6.45, 7) is 0.293. The van der Waals surface area contributed by atoms with E-state index in [1.165, 1.54) is 18.6 Å². The van der Waals surface area contributed by atoms with Gasteiger partial charge in [0.15, 0.2) is 0 Å². The number of nitrogens with zero attached hydrogens (tertiary/aromatic N) is 3.